The van der Waals surface area contributed by atoms with Gasteiger partial charge in [0.2, 0.25) is 0 Å². The van der Waals surface area contributed by atoms with Crippen LogP contribution in [0.25, 0.3) is 5.57 Å². The summed E-state index contributed by atoms with van der Waals surface area (Å²) in [5.41, 5.74) is 10.3. The van der Waals surface area contributed by atoms with Gasteiger partial charge in [0.25, 0.3) is 0 Å². The van der Waals surface area contributed by atoms with E-state index >= 15 is 0 Å². The Morgan fingerprint density at radius 3 is 2.19 bits per heavy atom. The lowest BCUT2D eigenvalue weighted by Crippen LogP contribution is -2.01. The van der Waals surface area contributed by atoms with Crippen LogP contribution in [0.4, 0.5) is 0 Å². The summed E-state index contributed by atoms with van der Waals surface area (Å²) < 4.78 is 0. The zero-order valence-electron chi connectivity index (χ0n) is 21.0. The van der Waals surface area contributed by atoms with Crippen LogP contribution in [-0.2, 0) is 6.42 Å². The van der Waals surface area contributed by atoms with Crippen molar-refractivity contribution in [1.82, 2.24) is 0 Å². The predicted molar refractivity (Wildman–Crippen MR) is 146 cm³/mol. The van der Waals surface area contributed by atoms with Crippen LogP contribution in [0.5, 0.6) is 0 Å². The minimum Gasteiger partial charge on any atom is -0.297 e. The second kappa shape index (κ2) is 14.0. The molecule has 0 saturated carbocycles. The molecule has 0 fully saturated rings. The zero-order valence-corrected chi connectivity index (χ0v) is 21.0. The van der Waals surface area contributed by atoms with Gasteiger partial charge in [-0.3, -0.25) is 4.99 Å². The Kier molecular flexibility index (Phi) is 11.7. The van der Waals surface area contributed by atoms with E-state index in [4.69, 9.17) is 0 Å². The fraction of sp³-hybridized carbons (Fsp3) is 0.258. The summed E-state index contributed by atoms with van der Waals surface area (Å²) in [6, 6.07) is 17.3. The Balaban J connectivity index is 0.00000249. The molecule has 0 aliphatic heterocycles. The van der Waals surface area contributed by atoms with Crippen molar-refractivity contribution in [2.45, 2.75) is 48.0 Å². The van der Waals surface area contributed by atoms with Gasteiger partial charge in [-0.15, -0.1) is 0 Å². The summed E-state index contributed by atoms with van der Waals surface area (Å²) in [5, 5.41) is 0. The van der Waals surface area contributed by atoms with E-state index in [9.17, 15) is 0 Å². The van der Waals surface area contributed by atoms with Gasteiger partial charge in [-0.05, 0) is 83.4 Å². The van der Waals surface area contributed by atoms with Crippen molar-refractivity contribution in [3.63, 3.8) is 0 Å². The predicted octanol–water partition coefficient (Wildman–Crippen LogP) is 8.72. The summed E-state index contributed by atoms with van der Waals surface area (Å²) in [6.07, 6.45) is 8.93. The van der Waals surface area contributed by atoms with Crippen molar-refractivity contribution in [1.29, 1.82) is 0 Å². The van der Waals surface area contributed by atoms with Crippen molar-refractivity contribution < 1.29 is 0 Å². The quantitative estimate of drug-likeness (QED) is 0.296. The van der Waals surface area contributed by atoms with Gasteiger partial charge in [-0.2, -0.15) is 0 Å². The molecule has 0 aromatic heterocycles. The summed E-state index contributed by atoms with van der Waals surface area (Å²) >= 11 is 0. The van der Waals surface area contributed by atoms with Crippen molar-refractivity contribution >= 4 is 11.8 Å². The minimum atomic E-state index is 0.948. The average Bonchev–Trinajstić information content (AvgIpc) is 2.81. The Bertz CT molecular complexity index is 1030. The number of hydrogen-bond acceptors (Lipinski definition) is 1. The third-order valence-electron chi connectivity index (χ3n) is 5.07. The molecule has 0 heterocycles. The van der Waals surface area contributed by atoms with Crippen LogP contribution < -0.4 is 0 Å². The molecule has 0 unspecified atom stereocenters. The fourth-order valence-corrected chi connectivity index (χ4v) is 3.41. The van der Waals surface area contributed by atoms with Gasteiger partial charge in [0, 0.05) is 13.3 Å². The summed E-state index contributed by atoms with van der Waals surface area (Å²) in [6.45, 7) is 21.2. The average molecular weight is 426 g/mol. The molecule has 0 aliphatic carbocycles. The first kappa shape index (κ1) is 26.8. The SMILES string of the molecule is C=C(C)/C(C(=C)/C=C/C(C)=C/C=NC)=C(/c1ccccc1)c1cc(CC)ccc1C.CC. The van der Waals surface area contributed by atoms with E-state index in [1.54, 1.807) is 13.3 Å². The lowest BCUT2D eigenvalue weighted by atomic mass is 9.84. The molecule has 0 spiro atoms. The first-order valence-electron chi connectivity index (χ1n) is 11.4. The first-order valence-corrected chi connectivity index (χ1v) is 11.4. The Hall–Kier alpha value is -3.19. The lowest BCUT2D eigenvalue weighted by molar-refractivity contribution is 1.13. The molecular formula is C31H39N. The lowest BCUT2D eigenvalue weighted by Gasteiger charge is -2.20. The molecule has 1 nitrogen and oxygen atoms in total. The van der Waals surface area contributed by atoms with Gasteiger partial charge in [0.15, 0.2) is 0 Å². The van der Waals surface area contributed by atoms with Gasteiger partial charge >= 0.3 is 0 Å². The van der Waals surface area contributed by atoms with Gasteiger partial charge in [0.05, 0.1) is 0 Å². The van der Waals surface area contributed by atoms with E-state index in [2.05, 4.69) is 107 Å². The van der Waals surface area contributed by atoms with Crippen LogP contribution in [0.15, 0.2) is 107 Å². The second-order valence-corrected chi connectivity index (χ2v) is 7.58. The molecule has 0 radical (unpaired) electrons. The molecule has 2 aromatic carbocycles. The number of nitrogens with zero attached hydrogens (tertiary/aromatic N) is 1. The summed E-state index contributed by atoms with van der Waals surface area (Å²) in [7, 11) is 1.77. The maximum Gasteiger partial charge on any atom is 0.0277 e. The number of aryl methyl sites for hydroxylation is 2. The highest BCUT2D eigenvalue weighted by Gasteiger charge is 2.16. The Morgan fingerprint density at radius 1 is 0.969 bits per heavy atom. The molecule has 0 saturated heterocycles. The first-order chi connectivity index (χ1) is 15.4. The molecule has 0 amide bonds. The van der Waals surface area contributed by atoms with Crippen molar-refractivity contribution in [2.24, 2.45) is 4.99 Å². The van der Waals surface area contributed by atoms with Crippen LogP contribution >= 0.6 is 0 Å². The maximum atomic E-state index is 4.41. The molecule has 0 N–H and O–H groups in total. The number of benzene rings is 2. The minimum absolute atomic E-state index is 0.948. The molecule has 2 aromatic rings. The number of hydrogen-bond donors (Lipinski definition) is 0. The Morgan fingerprint density at radius 2 is 1.62 bits per heavy atom. The van der Waals surface area contributed by atoms with E-state index in [-0.39, 0.29) is 0 Å². The summed E-state index contributed by atoms with van der Waals surface area (Å²) in [5.74, 6) is 0. The van der Waals surface area contributed by atoms with E-state index in [0.29, 0.717) is 0 Å². The Labute approximate surface area is 196 Å². The fourth-order valence-electron chi connectivity index (χ4n) is 3.41. The van der Waals surface area contributed by atoms with Crippen LogP contribution in [0.2, 0.25) is 0 Å². The monoisotopic (exact) mass is 425 g/mol. The van der Waals surface area contributed by atoms with Crippen LogP contribution in [0.3, 0.4) is 0 Å². The molecule has 2 rings (SSSR count). The van der Waals surface area contributed by atoms with Crippen LogP contribution in [0.1, 0.15) is 56.9 Å². The van der Waals surface area contributed by atoms with Crippen molar-refractivity contribution in [3.05, 3.63) is 124 Å². The number of aliphatic imine (C=N–C) groups is 1. The number of rotatable bonds is 8. The molecule has 1 heteroatoms. The molecule has 168 valence electrons. The van der Waals surface area contributed by atoms with Gasteiger partial charge in [-0.25, -0.2) is 0 Å². The van der Waals surface area contributed by atoms with E-state index in [0.717, 1.165) is 28.7 Å². The van der Waals surface area contributed by atoms with Crippen molar-refractivity contribution in [3.8, 4) is 0 Å². The van der Waals surface area contributed by atoms with E-state index in [1.165, 1.54) is 27.8 Å². The molecular weight excluding hydrogens is 386 g/mol. The normalized spacial score (nSPS) is 12.4. The molecule has 0 aliphatic rings. The third kappa shape index (κ3) is 7.50. The highest BCUT2D eigenvalue weighted by Crippen LogP contribution is 2.36. The maximum absolute atomic E-state index is 4.41. The zero-order chi connectivity index (χ0) is 24.1. The third-order valence-corrected chi connectivity index (χ3v) is 5.07. The molecule has 0 bridgehead atoms. The van der Waals surface area contributed by atoms with Crippen LogP contribution in [0, 0.1) is 6.92 Å². The van der Waals surface area contributed by atoms with E-state index in [1.807, 2.05) is 19.9 Å². The van der Waals surface area contributed by atoms with Crippen molar-refractivity contribution in [2.75, 3.05) is 7.05 Å². The molecule has 32 heavy (non-hydrogen) atoms. The smallest absolute Gasteiger partial charge is 0.0277 e. The second-order valence-electron chi connectivity index (χ2n) is 7.58. The van der Waals surface area contributed by atoms with E-state index < -0.39 is 0 Å². The largest absolute Gasteiger partial charge is 0.297 e. The summed E-state index contributed by atoms with van der Waals surface area (Å²) in [4.78, 5) is 4.02. The highest BCUT2D eigenvalue weighted by molar-refractivity contribution is 5.89. The van der Waals surface area contributed by atoms with Gasteiger partial charge in [-0.1, -0.05) is 94.6 Å². The van der Waals surface area contributed by atoms with Crippen LogP contribution in [-0.4, -0.2) is 13.3 Å². The van der Waals surface area contributed by atoms with Gasteiger partial charge in [0.1, 0.15) is 0 Å². The standard InChI is InChI=1S/C29H33N.C2H6/c1-8-25-17-16-23(5)27(20-25)29(26-12-10-9-11-13-26)28(21(2)3)24(6)15-14-22(4)18-19-30-7;1-2/h9-20H,2,6,8H2,1,3-5,7H3;1-2H3/b15-14+,22-18+,29-28+,30-19?;. The number of allylic oxidation sites excluding steroid dienone is 7. The topological polar surface area (TPSA) is 12.4 Å². The molecule has 0 atom stereocenters. The highest BCUT2D eigenvalue weighted by atomic mass is 14.6. The van der Waals surface area contributed by atoms with Gasteiger partial charge < -0.3 is 0 Å².